The summed E-state index contributed by atoms with van der Waals surface area (Å²) in [7, 11) is 0. The smallest absolute Gasteiger partial charge is 0.123 e. The summed E-state index contributed by atoms with van der Waals surface area (Å²) in [6.07, 6.45) is 8.31. The van der Waals surface area contributed by atoms with Gasteiger partial charge in [0.15, 0.2) is 0 Å². The molecule has 4 rings (SSSR count). The molecule has 0 radical (unpaired) electrons. The molecule has 1 nitrogen and oxygen atoms in total. The van der Waals surface area contributed by atoms with Crippen LogP contribution in [0.2, 0.25) is 0 Å². The van der Waals surface area contributed by atoms with Crippen molar-refractivity contribution in [2.75, 3.05) is 6.54 Å². The maximum absolute atomic E-state index is 13.2. The molecule has 2 bridgehead atoms. The lowest BCUT2D eigenvalue weighted by Crippen LogP contribution is -2.42. The zero-order valence-corrected chi connectivity index (χ0v) is 12.0. The van der Waals surface area contributed by atoms with E-state index in [9.17, 15) is 4.39 Å². The summed E-state index contributed by atoms with van der Waals surface area (Å²) in [5.41, 5.74) is 1.18. The van der Waals surface area contributed by atoms with Crippen LogP contribution < -0.4 is 5.32 Å². The van der Waals surface area contributed by atoms with Crippen molar-refractivity contribution >= 4 is 0 Å². The van der Waals surface area contributed by atoms with Crippen molar-refractivity contribution in [3.63, 3.8) is 0 Å². The molecule has 3 fully saturated rings. The molecule has 3 aliphatic rings. The third-order valence-corrected chi connectivity index (χ3v) is 6.01. The molecular weight excluding hydrogens is 249 g/mol. The van der Waals surface area contributed by atoms with E-state index in [-0.39, 0.29) is 5.82 Å². The quantitative estimate of drug-likeness (QED) is 0.871. The molecule has 0 aliphatic heterocycles. The molecule has 3 saturated carbocycles. The van der Waals surface area contributed by atoms with Crippen molar-refractivity contribution < 1.29 is 4.39 Å². The molecule has 3 unspecified atom stereocenters. The van der Waals surface area contributed by atoms with Gasteiger partial charge in [0.05, 0.1) is 0 Å². The molecule has 0 spiro atoms. The van der Waals surface area contributed by atoms with Gasteiger partial charge >= 0.3 is 0 Å². The SMILES string of the molecule is Fc1cccc(C2CC(NCC3CC4CCC3C4)C2)c1. The van der Waals surface area contributed by atoms with Gasteiger partial charge in [-0.25, -0.2) is 4.39 Å². The molecule has 1 N–H and O–H groups in total. The van der Waals surface area contributed by atoms with Crippen LogP contribution in [0.5, 0.6) is 0 Å². The molecule has 0 heterocycles. The predicted octanol–water partition coefficient (Wildman–Crippen LogP) is 4.10. The molecule has 3 atom stereocenters. The third kappa shape index (κ3) is 2.39. The second-order valence-electron chi connectivity index (χ2n) is 7.26. The summed E-state index contributed by atoms with van der Waals surface area (Å²) in [4.78, 5) is 0. The van der Waals surface area contributed by atoms with E-state index in [1.54, 1.807) is 6.07 Å². The van der Waals surface area contributed by atoms with Crippen LogP contribution in [0.4, 0.5) is 4.39 Å². The number of benzene rings is 1. The van der Waals surface area contributed by atoms with Gasteiger partial charge < -0.3 is 5.32 Å². The van der Waals surface area contributed by atoms with Gasteiger partial charge in [-0.15, -0.1) is 0 Å². The number of hydrogen-bond acceptors (Lipinski definition) is 1. The number of halogens is 1. The van der Waals surface area contributed by atoms with E-state index in [4.69, 9.17) is 0 Å². The summed E-state index contributed by atoms with van der Waals surface area (Å²) >= 11 is 0. The highest BCUT2D eigenvalue weighted by molar-refractivity contribution is 5.23. The number of nitrogens with one attached hydrogen (secondary N) is 1. The third-order valence-electron chi connectivity index (χ3n) is 6.01. The largest absolute Gasteiger partial charge is 0.314 e. The van der Waals surface area contributed by atoms with Gasteiger partial charge in [0.2, 0.25) is 0 Å². The van der Waals surface area contributed by atoms with E-state index in [0.717, 1.165) is 17.8 Å². The van der Waals surface area contributed by atoms with Crippen molar-refractivity contribution in [1.82, 2.24) is 5.32 Å². The van der Waals surface area contributed by atoms with Crippen molar-refractivity contribution in [3.05, 3.63) is 35.6 Å². The molecule has 20 heavy (non-hydrogen) atoms. The van der Waals surface area contributed by atoms with Gasteiger partial charge in [-0.1, -0.05) is 18.6 Å². The Morgan fingerprint density at radius 3 is 2.70 bits per heavy atom. The first-order valence-corrected chi connectivity index (χ1v) is 8.27. The Morgan fingerprint density at radius 1 is 1.10 bits per heavy atom. The van der Waals surface area contributed by atoms with Crippen LogP contribution in [0.3, 0.4) is 0 Å². The number of fused-ring (bicyclic) bond motifs is 2. The summed E-state index contributed by atoms with van der Waals surface area (Å²) in [5, 5.41) is 3.77. The fraction of sp³-hybridized carbons (Fsp3) is 0.667. The Balaban J connectivity index is 1.24. The zero-order chi connectivity index (χ0) is 13.5. The summed E-state index contributed by atoms with van der Waals surface area (Å²) in [5.74, 6) is 3.49. The molecule has 3 aliphatic carbocycles. The molecule has 1 aromatic carbocycles. The Morgan fingerprint density at radius 2 is 2.00 bits per heavy atom. The van der Waals surface area contributed by atoms with E-state index in [1.807, 2.05) is 6.07 Å². The number of rotatable bonds is 4. The average Bonchev–Trinajstić information content (AvgIpc) is 2.99. The lowest BCUT2D eigenvalue weighted by atomic mass is 9.75. The van der Waals surface area contributed by atoms with E-state index >= 15 is 0 Å². The minimum atomic E-state index is -0.0964. The van der Waals surface area contributed by atoms with E-state index in [1.165, 1.54) is 56.7 Å². The lowest BCUT2D eigenvalue weighted by molar-refractivity contribution is 0.246. The Kier molecular flexibility index (Phi) is 3.30. The first kappa shape index (κ1) is 12.8. The minimum Gasteiger partial charge on any atom is -0.314 e. The first-order valence-electron chi connectivity index (χ1n) is 8.27. The lowest BCUT2D eigenvalue weighted by Gasteiger charge is -2.37. The maximum atomic E-state index is 13.2. The van der Waals surface area contributed by atoms with Gasteiger partial charge in [0.1, 0.15) is 5.82 Å². The molecule has 108 valence electrons. The van der Waals surface area contributed by atoms with Gasteiger partial charge in [-0.2, -0.15) is 0 Å². The van der Waals surface area contributed by atoms with Crippen LogP contribution in [0.1, 0.15) is 50.0 Å². The Hall–Kier alpha value is -0.890. The Labute approximate surface area is 121 Å². The highest BCUT2D eigenvalue weighted by Crippen LogP contribution is 2.48. The molecule has 2 heteroatoms. The van der Waals surface area contributed by atoms with Crippen molar-refractivity contribution in [2.45, 2.75) is 50.5 Å². The monoisotopic (exact) mass is 273 g/mol. The van der Waals surface area contributed by atoms with Crippen LogP contribution in [-0.2, 0) is 0 Å². The maximum Gasteiger partial charge on any atom is 0.123 e. The zero-order valence-electron chi connectivity index (χ0n) is 12.0. The van der Waals surface area contributed by atoms with E-state index in [0.29, 0.717) is 12.0 Å². The van der Waals surface area contributed by atoms with Crippen LogP contribution >= 0.6 is 0 Å². The van der Waals surface area contributed by atoms with Crippen LogP contribution in [0.25, 0.3) is 0 Å². The predicted molar refractivity (Wildman–Crippen MR) is 79.1 cm³/mol. The van der Waals surface area contributed by atoms with Gasteiger partial charge in [-0.3, -0.25) is 0 Å². The molecule has 0 aromatic heterocycles. The standard InChI is InChI=1S/C18H24FN/c19-17-3-1-2-13(8-17)15-9-18(10-15)20-11-16-7-12-4-5-14(16)6-12/h1-3,8,12,14-16,18,20H,4-7,9-11H2. The summed E-state index contributed by atoms with van der Waals surface area (Å²) in [6, 6.07) is 7.81. The summed E-state index contributed by atoms with van der Waals surface area (Å²) in [6.45, 7) is 1.22. The number of hydrogen-bond donors (Lipinski definition) is 1. The van der Waals surface area contributed by atoms with Gasteiger partial charge in [0, 0.05) is 6.04 Å². The second kappa shape index (κ2) is 5.14. The fourth-order valence-electron chi connectivity index (χ4n) is 4.76. The fourth-order valence-corrected chi connectivity index (χ4v) is 4.76. The first-order chi connectivity index (χ1) is 9.78. The summed E-state index contributed by atoms with van der Waals surface area (Å²) < 4.78 is 13.2. The molecule has 0 saturated heterocycles. The van der Waals surface area contributed by atoms with Crippen molar-refractivity contribution in [2.24, 2.45) is 17.8 Å². The van der Waals surface area contributed by atoms with Gasteiger partial charge in [0.25, 0.3) is 0 Å². The van der Waals surface area contributed by atoms with Crippen molar-refractivity contribution in [1.29, 1.82) is 0 Å². The Bertz CT molecular complexity index is 480. The second-order valence-corrected chi connectivity index (χ2v) is 7.26. The highest BCUT2D eigenvalue weighted by Gasteiger charge is 2.40. The van der Waals surface area contributed by atoms with E-state index < -0.39 is 0 Å². The minimum absolute atomic E-state index is 0.0964. The average molecular weight is 273 g/mol. The topological polar surface area (TPSA) is 12.0 Å². The van der Waals surface area contributed by atoms with Crippen LogP contribution in [-0.4, -0.2) is 12.6 Å². The highest BCUT2D eigenvalue weighted by atomic mass is 19.1. The van der Waals surface area contributed by atoms with Crippen LogP contribution in [0, 0.1) is 23.6 Å². The van der Waals surface area contributed by atoms with E-state index in [2.05, 4.69) is 11.4 Å². The molecular formula is C18H24FN. The molecule has 1 aromatic rings. The van der Waals surface area contributed by atoms with Gasteiger partial charge in [-0.05, 0) is 80.0 Å². The van der Waals surface area contributed by atoms with Crippen LogP contribution in [0.15, 0.2) is 24.3 Å². The normalized spacial score (nSPS) is 39.0. The molecule has 0 amide bonds. The van der Waals surface area contributed by atoms with Crippen molar-refractivity contribution in [3.8, 4) is 0 Å².